The summed E-state index contributed by atoms with van der Waals surface area (Å²) in [6, 6.07) is 5.41. The highest BCUT2D eigenvalue weighted by atomic mass is 31.2. The van der Waals surface area contributed by atoms with E-state index in [0.717, 1.165) is 0 Å². The molecule has 2 atom stereocenters. The van der Waals surface area contributed by atoms with E-state index in [9.17, 15) is 22.5 Å². The molecule has 4 heterocycles. The van der Waals surface area contributed by atoms with Crippen LogP contribution in [0.25, 0.3) is 16.9 Å². The Labute approximate surface area is 221 Å². The first kappa shape index (κ1) is 25.4. The Bertz CT molecular complexity index is 1690. The second kappa shape index (κ2) is 9.08. The van der Waals surface area contributed by atoms with E-state index >= 15 is 0 Å². The standard InChI is InChI=1S/C26H23F3N5O4P/c1-33-18-8-16(20-15(24(33)35)5-4-6-19(20)38-25(28)29)22-21(18)32-26-31-10-14(11-34(22)26)13-7-17(27)23(30-9-13)37-12-39(2,3)36/h4-7,9-11,16,18,25H,8,12H2,1-3H3. The smallest absolute Gasteiger partial charge is 0.387 e. The van der Waals surface area contributed by atoms with Crippen LogP contribution < -0.4 is 9.47 Å². The van der Waals surface area contributed by atoms with Crippen LogP contribution in [0.3, 0.4) is 0 Å². The lowest BCUT2D eigenvalue weighted by atomic mass is 9.91. The third kappa shape index (κ3) is 4.32. The maximum Gasteiger partial charge on any atom is 0.387 e. The van der Waals surface area contributed by atoms with Gasteiger partial charge in [0.2, 0.25) is 5.78 Å². The number of alkyl halides is 2. The normalized spacial score (nSPS) is 18.3. The topological polar surface area (TPSA) is 98.9 Å². The number of hydrogen-bond donors (Lipinski definition) is 0. The summed E-state index contributed by atoms with van der Waals surface area (Å²) in [5.74, 6) is -1.45. The van der Waals surface area contributed by atoms with Gasteiger partial charge in [-0.3, -0.25) is 9.20 Å². The first-order chi connectivity index (χ1) is 18.5. The summed E-state index contributed by atoms with van der Waals surface area (Å²) in [5.41, 5.74) is 2.93. The van der Waals surface area contributed by atoms with Crippen LogP contribution in [0.15, 0.2) is 42.9 Å². The fraction of sp³-hybridized carbons (Fsp3) is 0.308. The molecule has 1 aliphatic heterocycles. The van der Waals surface area contributed by atoms with Crippen LogP contribution in [-0.2, 0) is 4.57 Å². The van der Waals surface area contributed by atoms with Gasteiger partial charge < -0.3 is 18.9 Å². The van der Waals surface area contributed by atoms with Crippen molar-refractivity contribution in [3.63, 3.8) is 0 Å². The molecule has 13 heteroatoms. The number of pyridine rings is 1. The number of carbonyl (C=O) groups excluding carboxylic acids is 1. The van der Waals surface area contributed by atoms with Crippen LogP contribution in [0.2, 0.25) is 0 Å². The minimum atomic E-state index is -3.06. The second-order valence-electron chi connectivity index (χ2n) is 10.1. The highest BCUT2D eigenvalue weighted by Gasteiger charge is 2.46. The monoisotopic (exact) mass is 557 g/mol. The van der Waals surface area contributed by atoms with Crippen LogP contribution in [0, 0.1) is 5.82 Å². The minimum Gasteiger partial charge on any atom is -0.468 e. The van der Waals surface area contributed by atoms with Crippen molar-refractivity contribution >= 4 is 18.8 Å². The number of nitrogens with zero attached hydrogens (tertiary/aromatic N) is 5. The van der Waals surface area contributed by atoms with Gasteiger partial charge in [-0.2, -0.15) is 8.78 Å². The van der Waals surface area contributed by atoms with Crippen molar-refractivity contribution in [2.24, 2.45) is 0 Å². The number of fused-ring (bicyclic) bond motifs is 9. The maximum absolute atomic E-state index is 14.8. The quantitative estimate of drug-likeness (QED) is 0.302. The van der Waals surface area contributed by atoms with Crippen LogP contribution in [0.5, 0.6) is 11.6 Å². The molecule has 1 aliphatic carbocycles. The molecule has 0 saturated heterocycles. The van der Waals surface area contributed by atoms with E-state index in [1.807, 2.05) is 0 Å². The minimum absolute atomic E-state index is 0.0626. The molecule has 2 bridgehead atoms. The highest BCUT2D eigenvalue weighted by molar-refractivity contribution is 7.62. The van der Waals surface area contributed by atoms with E-state index in [-0.39, 0.29) is 23.9 Å². The van der Waals surface area contributed by atoms with Gasteiger partial charge in [0.05, 0.1) is 17.4 Å². The van der Waals surface area contributed by atoms with E-state index in [0.29, 0.717) is 45.8 Å². The largest absolute Gasteiger partial charge is 0.468 e. The summed E-state index contributed by atoms with van der Waals surface area (Å²) in [6.45, 7) is 0.0143. The highest BCUT2D eigenvalue weighted by Crippen LogP contribution is 2.52. The predicted octanol–water partition coefficient (Wildman–Crippen LogP) is 5.15. The van der Waals surface area contributed by atoms with Gasteiger partial charge in [-0.05, 0) is 37.9 Å². The zero-order chi connectivity index (χ0) is 27.6. The van der Waals surface area contributed by atoms with Crippen molar-refractivity contribution in [2.75, 3.05) is 26.7 Å². The molecule has 4 aromatic rings. The van der Waals surface area contributed by atoms with E-state index < -0.39 is 31.5 Å². The molecular formula is C26H23F3N5O4P. The molecule has 0 spiro atoms. The van der Waals surface area contributed by atoms with Gasteiger partial charge in [0.15, 0.2) is 5.82 Å². The van der Waals surface area contributed by atoms with Crippen LogP contribution in [0.4, 0.5) is 13.2 Å². The third-order valence-electron chi connectivity index (χ3n) is 6.95. The third-order valence-corrected chi connectivity index (χ3v) is 7.70. The Morgan fingerprint density at radius 1 is 1.18 bits per heavy atom. The van der Waals surface area contributed by atoms with Crippen molar-refractivity contribution in [2.45, 2.75) is 25.0 Å². The molecule has 3 aromatic heterocycles. The number of benzene rings is 1. The molecule has 9 nitrogen and oxygen atoms in total. The van der Waals surface area contributed by atoms with Crippen molar-refractivity contribution in [1.29, 1.82) is 0 Å². The first-order valence-corrected chi connectivity index (χ1v) is 14.9. The lowest BCUT2D eigenvalue weighted by molar-refractivity contribution is -0.0506. The van der Waals surface area contributed by atoms with Gasteiger partial charge in [-0.15, -0.1) is 0 Å². The summed E-state index contributed by atoms with van der Waals surface area (Å²) in [4.78, 5) is 28.0. The van der Waals surface area contributed by atoms with Gasteiger partial charge in [0.1, 0.15) is 19.2 Å². The summed E-state index contributed by atoms with van der Waals surface area (Å²) in [7, 11) is -0.870. The lowest BCUT2D eigenvalue weighted by Gasteiger charge is -2.23. The van der Waals surface area contributed by atoms with Gasteiger partial charge >= 0.3 is 6.61 Å². The molecule has 202 valence electrons. The Morgan fingerprint density at radius 3 is 2.67 bits per heavy atom. The molecule has 0 N–H and O–H groups in total. The number of amides is 1. The van der Waals surface area contributed by atoms with Crippen LogP contribution in [-0.4, -0.2) is 63.5 Å². The predicted molar refractivity (Wildman–Crippen MR) is 135 cm³/mol. The molecule has 0 saturated carbocycles. The zero-order valence-corrected chi connectivity index (χ0v) is 22.0. The van der Waals surface area contributed by atoms with E-state index in [1.54, 1.807) is 28.6 Å². The number of rotatable bonds is 6. The maximum atomic E-state index is 14.8. The molecule has 0 radical (unpaired) electrons. The number of aromatic nitrogens is 4. The molecular weight excluding hydrogens is 534 g/mol. The second-order valence-corrected chi connectivity index (χ2v) is 13.5. The first-order valence-electron chi connectivity index (χ1n) is 12.1. The summed E-state index contributed by atoms with van der Waals surface area (Å²) >= 11 is 0. The Morgan fingerprint density at radius 2 is 1.95 bits per heavy atom. The molecule has 1 aromatic carbocycles. The zero-order valence-electron chi connectivity index (χ0n) is 21.1. The number of carbonyl (C=O) groups is 1. The fourth-order valence-corrected chi connectivity index (χ4v) is 5.71. The number of imidazole rings is 1. The summed E-state index contributed by atoms with van der Waals surface area (Å²) < 4.78 is 65.1. The fourth-order valence-electron chi connectivity index (χ4n) is 5.28. The van der Waals surface area contributed by atoms with Crippen LogP contribution in [0.1, 0.15) is 45.7 Å². The van der Waals surface area contributed by atoms with Crippen molar-refractivity contribution < 1.29 is 32.0 Å². The molecule has 39 heavy (non-hydrogen) atoms. The van der Waals surface area contributed by atoms with Gasteiger partial charge in [-0.25, -0.2) is 19.3 Å². The summed E-state index contributed by atoms with van der Waals surface area (Å²) in [5, 5.41) is 0. The Balaban J connectivity index is 1.46. The molecule has 2 unspecified atom stereocenters. The Hall–Kier alpha value is -3.92. The van der Waals surface area contributed by atoms with Gasteiger partial charge in [0.25, 0.3) is 11.8 Å². The number of ether oxygens (including phenoxy) is 2. The van der Waals surface area contributed by atoms with E-state index in [4.69, 9.17) is 9.47 Å². The molecule has 6 rings (SSSR count). The van der Waals surface area contributed by atoms with Crippen molar-refractivity contribution in [1.82, 2.24) is 24.3 Å². The molecule has 1 amide bonds. The average Bonchev–Trinajstić information content (AvgIpc) is 3.40. The van der Waals surface area contributed by atoms with Gasteiger partial charge in [-0.1, -0.05) is 6.07 Å². The Kier molecular flexibility index (Phi) is 5.91. The van der Waals surface area contributed by atoms with Gasteiger partial charge in [0, 0.05) is 53.8 Å². The molecule has 2 aliphatic rings. The number of halogens is 3. The van der Waals surface area contributed by atoms with E-state index in [2.05, 4.69) is 15.0 Å². The summed E-state index contributed by atoms with van der Waals surface area (Å²) in [6.07, 6.45) is 4.98. The molecule has 0 fully saturated rings. The lowest BCUT2D eigenvalue weighted by Crippen LogP contribution is -2.30. The van der Waals surface area contributed by atoms with Crippen molar-refractivity contribution in [3.8, 4) is 22.8 Å². The number of hydrogen-bond acceptors (Lipinski definition) is 7. The van der Waals surface area contributed by atoms with Crippen molar-refractivity contribution in [3.05, 3.63) is 71.2 Å². The van der Waals surface area contributed by atoms with Crippen LogP contribution >= 0.6 is 7.14 Å². The van der Waals surface area contributed by atoms with E-state index in [1.165, 1.54) is 43.9 Å². The average molecular weight is 557 g/mol. The SMILES string of the molecule is CN1C(=O)c2cccc(OC(F)F)c2C2CC1c1nc3ncc(-c4cnc(OCP(C)(C)=O)c(F)c4)cn3c12.